The lowest BCUT2D eigenvalue weighted by Gasteiger charge is -2.25. The van der Waals surface area contributed by atoms with Crippen LogP contribution in [0, 0.1) is 0 Å². The van der Waals surface area contributed by atoms with E-state index in [1.165, 1.54) is 38.5 Å². The van der Waals surface area contributed by atoms with E-state index in [1.54, 1.807) is 4.90 Å². The summed E-state index contributed by atoms with van der Waals surface area (Å²) in [5.74, 6) is 0.444. The molecule has 0 aromatic rings. The topological polar surface area (TPSA) is 107 Å². The number of amides is 3. The van der Waals surface area contributed by atoms with Gasteiger partial charge in [0, 0.05) is 52.3 Å². The zero-order chi connectivity index (χ0) is 38.6. The van der Waals surface area contributed by atoms with Crippen LogP contribution in [0.15, 0.2) is 0 Å². The molecule has 2 saturated heterocycles. The van der Waals surface area contributed by atoms with Gasteiger partial charge in [-0.3, -0.25) is 14.4 Å². The summed E-state index contributed by atoms with van der Waals surface area (Å²) in [5.41, 5.74) is 0. The summed E-state index contributed by atoms with van der Waals surface area (Å²) in [6.45, 7) is 21.7. The molecule has 306 valence electrons. The van der Waals surface area contributed by atoms with Gasteiger partial charge in [0.2, 0.25) is 17.7 Å². The first-order valence-electron chi connectivity index (χ1n) is 21.2. The third kappa shape index (κ3) is 24.5. The summed E-state index contributed by atoms with van der Waals surface area (Å²) >= 11 is 0. The molecule has 2 aliphatic rings. The summed E-state index contributed by atoms with van der Waals surface area (Å²) in [6.07, 6.45) is 19.4. The first-order chi connectivity index (χ1) is 24.9. The molecule has 2 unspecified atom stereocenters. The minimum Gasteiger partial charge on any atom is -0.379 e. The standard InChI is InChI=1S/C21H40N2O4.C21H41NO3/c1-17(2)26-15-8-5-6-12-20(24)23-14-10-11-19(23)21(25)22-13-7-9-16-27-18(3)4;1-18(2)24-16-11-9-7-5-6-8-10-14-21(23)22-15-12-13-20(22)17-25-19(3)4/h17-19H,5-16H2,1-4H3,(H,22,25);18-20H,5-17H2,1-4H3. The Balaban J connectivity index is 0.000000522. The molecule has 52 heavy (non-hydrogen) atoms. The first-order valence-corrected chi connectivity index (χ1v) is 21.2. The SMILES string of the molecule is CC(C)OCCCCCC(=O)N1CCCC1C(=O)NCCCCOC(C)C.CC(C)OCCCCCCCCCC(=O)N1CCCC1COC(C)C. The summed E-state index contributed by atoms with van der Waals surface area (Å²) in [6, 6.07) is 0.0247. The van der Waals surface area contributed by atoms with Crippen LogP contribution in [0.3, 0.4) is 0 Å². The predicted octanol–water partition coefficient (Wildman–Crippen LogP) is 8.23. The fraction of sp³-hybridized carbons (Fsp3) is 0.929. The molecule has 0 bridgehead atoms. The number of nitrogens with zero attached hydrogens (tertiary/aromatic N) is 2. The van der Waals surface area contributed by atoms with Gasteiger partial charge in [-0.1, -0.05) is 38.5 Å². The second-order valence-electron chi connectivity index (χ2n) is 15.8. The second kappa shape index (κ2) is 30.6. The van der Waals surface area contributed by atoms with Crippen LogP contribution in [0.4, 0.5) is 0 Å². The van der Waals surface area contributed by atoms with Gasteiger partial charge in [-0.15, -0.1) is 0 Å². The van der Waals surface area contributed by atoms with Gasteiger partial charge in [-0.05, 0) is 120 Å². The highest BCUT2D eigenvalue weighted by Gasteiger charge is 2.33. The van der Waals surface area contributed by atoms with Gasteiger partial charge in [0.05, 0.1) is 37.1 Å². The van der Waals surface area contributed by atoms with Gasteiger partial charge < -0.3 is 34.1 Å². The monoisotopic (exact) mass is 740 g/mol. The molecule has 0 spiro atoms. The smallest absolute Gasteiger partial charge is 0.242 e. The lowest BCUT2D eigenvalue weighted by molar-refractivity contribution is -0.138. The van der Waals surface area contributed by atoms with Crippen LogP contribution in [-0.4, -0.2) is 110 Å². The minimum atomic E-state index is -0.284. The van der Waals surface area contributed by atoms with Crippen LogP contribution in [0.25, 0.3) is 0 Å². The van der Waals surface area contributed by atoms with E-state index in [9.17, 15) is 14.4 Å². The minimum absolute atomic E-state index is 0.00374. The van der Waals surface area contributed by atoms with E-state index >= 15 is 0 Å². The zero-order valence-corrected chi connectivity index (χ0v) is 34.9. The Morgan fingerprint density at radius 1 is 0.538 bits per heavy atom. The van der Waals surface area contributed by atoms with Crippen LogP contribution in [0.2, 0.25) is 0 Å². The van der Waals surface area contributed by atoms with Crippen molar-refractivity contribution in [2.45, 2.75) is 207 Å². The van der Waals surface area contributed by atoms with Crippen molar-refractivity contribution in [2.75, 3.05) is 46.1 Å². The Morgan fingerprint density at radius 2 is 0.962 bits per heavy atom. The van der Waals surface area contributed by atoms with Gasteiger partial charge in [0.25, 0.3) is 0 Å². The fourth-order valence-corrected chi connectivity index (χ4v) is 6.60. The van der Waals surface area contributed by atoms with Gasteiger partial charge >= 0.3 is 0 Å². The zero-order valence-electron chi connectivity index (χ0n) is 34.9. The van der Waals surface area contributed by atoms with Crippen molar-refractivity contribution in [1.29, 1.82) is 0 Å². The molecule has 2 aliphatic heterocycles. The lowest BCUT2D eigenvalue weighted by Crippen LogP contribution is -2.46. The van der Waals surface area contributed by atoms with E-state index < -0.39 is 0 Å². The molecule has 2 atom stereocenters. The molecule has 10 heteroatoms. The van der Waals surface area contributed by atoms with Crippen LogP contribution in [-0.2, 0) is 33.3 Å². The summed E-state index contributed by atoms with van der Waals surface area (Å²) in [4.78, 5) is 41.2. The maximum Gasteiger partial charge on any atom is 0.242 e. The molecule has 2 fully saturated rings. The molecule has 3 amide bonds. The Hall–Kier alpha value is -1.75. The highest BCUT2D eigenvalue weighted by molar-refractivity contribution is 5.88. The molecule has 0 aromatic heterocycles. The quantitative estimate of drug-likeness (QED) is 0.0806. The molecule has 2 rings (SSSR count). The molecule has 0 aromatic carbocycles. The van der Waals surface area contributed by atoms with E-state index in [-0.39, 0.29) is 36.2 Å². The van der Waals surface area contributed by atoms with Gasteiger partial charge in [0.1, 0.15) is 6.04 Å². The molecule has 2 heterocycles. The number of hydrogen-bond donors (Lipinski definition) is 1. The van der Waals surface area contributed by atoms with Crippen molar-refractivity contribution in [3.63, 3.8) is 0 Å². The molecule has 0 aliphatic carbocycles. The number of ether oxygens (including phenoxy) is 4. The molecule has 10 nitrogen and oxygen atoms in total. The Kier molecular flexibility index (Phi) is 28.4. The first kappa shape index (κ1) is 48.3. The van der Waals surface area contributed by atoms with Crippen LogP contribution in [0.1, 0.15) is 171 Å². The van der Waals surface area contributed by atoms with Crippen LogP contribution < -0.4 is 5.32 Å². The largest absolute Gasteiger partial charge is 0.379 e. The normalized spacial score (nSPS) is 17.5. The van der Waals surface area contributed by atoms with E-state index in [2.05, 4.69) is 37.9 Å². The van der Waals surface area contributed by atoms with E-state index in [0.717, 1.165) is 90.6 Å². The van der Waals surface area contributed by atoms with Gasteiger partial charge in [0.15, 0.2) is 0 Å². The number of hydrogen-bond acceptors (Lipinski definition) is 7. The number of likely N-dealkylation sites (tertiary alicyclic amines) is 2. The van der Waals surface area contributed by atoms with Crippen molar-refractivity contribution in [2.24, 2.45) is 0 Å². The van der Waals surface area contributed by atoms with Gasteiger partial charge in [-0.2, -0.15) is 0 Å². The highest BCUT2D eigenvalue weighted by atomic mass is 16.5. The highest BCUT2D eigenvalue weighted by Crippen LogP contribution is 2.21. The predicted molar refractivity (Wildman–Crippen MR) is 211 cm³/mol. The number of carbonyl (C=O) groups excluding carboxylic acids is 3. The van der Waals surface area contributed by atoms with E-state index in [0.29, 0.717) is 50.6 Å². The Morgan fingerprint density at radius 3 is 1.50 bits per heavy atom. The van der Waals surface area contributed by atoms with Crippen molar-refractivity contribution in [1.82, 2.24) is 15.1 Å². The summed E-state index contributed by atoms with van der Waals surface area (Å²) in [7, 11) is 0. The second-order valence-corrected chi connectivity index (χ2v) is 15.8. The van der Waals surface area contributed by atoms with Crippen molar-refractivity contribution in [3.8, 4) is 0 Å². The Bertz CT molecular complexity index is 876. The number of carbonyl (C=O) groups is 3. The molecule has 0 radical (unpaired) electrons. The molecular weight excluding hydrogens is 658 g/mol. The summed E-state index contributed by atoms with van der Waals surface area (Å²) in [5, 5.41) is 2.99. The average molecular weight is 740 g/mol. The maximum absolute atomic E-state index is 12.5. The number of unbranched alkanes of at least 4 members (excludes halogenated alkanes) is 9. The third-order valence-electron chi connectivity index (χ3n) is 9.49. The van der Waals surface area contributed by atoms with Crippen molar-refractivity contribution in [3.05, 3.63) is 0 Å². The summed E-state index contributed by atoms with van der Waals surface area (Å²) < 4.78 is 22.3. The van der Waals surface area contributed by atoms with Crippen LogP contribution in [0.5, 0.6) is 0 Å². The van der Waals surface area contributed by atoms with Crippen molar-refractivity contribution >= 4 is 17.7 Å². The maximum atomic E-state index is 12.5. The molecule has 0 saturated carbocycles. The average Bonchev–Trinajstić information content (AvgIpc) is 3.78. The number of nitrogens with one attached hydrogen (secondary N) is 1. The fourth-order valence-electron chi connectivity index (χ4n) is 6.60. The van der Waals surface area contributed by atoms with E-state index in [4.69, 9.17) is 18.9 Å². The molecule has 1 N–H and O–H groups in total. The lowest BCUT2D eigenvalue weighted by atomic mass is 10.1. The third-order valence-corrected chi connectivity index (χ3v) is 9.49. The van der Waals surface area contributed by atoms with Gasteiger partial charge in [-0.25, -0.2) is 0 Å². The molecular formula is C42H81N3O7. The van der Waals surface area contributed by atoms with E-state index in [1.807, 2.05) is 27.7 Å². The Labute approximate surface area is 319 Å². The van der Waals surface area contributed by atoms with Crippen molar-refractivity contribution < 1.29 is 33.3 Å². The van der Waals surface area contributed by atoms with Crippen LogP contribution >= 0.6 is 0 Å². The number of rotatable bonds is 28.